The second kappa shape index (κ2) is 4.68. The van der Waals surface area contributed by atoms with Crippen LogP contribution >= 0.6 is 11.6 Å². The summed E-state index contributed by atoms with van der Waals surface area (Å²) >= 11 is 5.90. The third-order valence-electron chi connectivity index (χ3n) is 2.29. The Balaban J connectivity index is 2.54. The predicted molar refractivity (Wildman–Crippen MR) is 63.8 cm³/mol. The standard InChI is InChI=1S/C12H12ClNO2/c1-2-16-10-3-4-11-8(6-10)5-9(7-15)12(13)14-11/h3-6,15H,2,7H2,1H3. The topological polar surface area (TPSA) is 42.4 Å². The van der Waals surface area contributed by atoms with E-state index in [2.05, 4.69) is 4.98 Å². The fourth-order valence-electron chi connectivity index (χ4n) is 1.54. The molecule has 1 aromatic carbocycles. The van der Waals surface area contributed by atoms with Gasteiger partial charge >= 0.3 is 0 Å². The van der Waals surface area contributed by atoms with E-state index in [1.165, 1.54) is 0 Å². The number of ether oxygens (including phenoxy) is 1. The van der Waals surface area contributed by atoms with Crippen LogP contribution in [-0.2, 0) is 6.61 Å². The minimum atomic E-state index is -0.110. The van der Waals surface area contributed by atoms with Crippen molar-refractivity contribution >= 4 is 22.5 Å². The van der Waals surface area contributed by atoms with Crippen LogP contribution in [0.15, 0.2) is 24.3 Å². The van der Waals surface area contributed by atoms with Gasteiger partial charge in [0.2, 0.25) is 0 Å². The number of fused-ring (bicyclic) bond motifs is 1. The lowest BCUT2D eigenvalue weighted by Gasteiger charge is -2.06. The second-order valence-electron chi connectivity index (χ2n) is 3.38. The first kappa shape index (κ1) is 11.2. The molecule has 0 aliphatic rings. The molecule has 16 heavy (non-hydrogen) atoms. The molecule has 4 heteroatoms. The predicted octanol–water partition coefficient (Wildman–Crippen LogP) is 2.78. The molecular formula is C12H12ClNO2. The van der Waals surface area contributed by atoms with Crippen molar-refractivity contribution in [3.8, 4) is 5.75 Å². The second-order valence-corrected chi connectivity index (χ2v) is 3.74. The number of rotatable bonds is 3. The van der Waals surface area contributed by atoms with E-state index in [9.17, 15) is 0 Å². The van der Waals surface area contributed by atoms with Gasteiger partial charge in [-0.05, 0) is 31.2 Å². The van der Waals surface area contributed by atoms with E-state index in [0.717, 1.165) is 16.7 Å². The van der Waals surface area contributed by atoms with Crippen LogP contribution in [0.5, 0.6) is 5.75 Å². The Morgan fingerprint density at radius 3 is 2.88 bits per heavy atom. The molecule has 0 saturated carbocycles. The van der Waals surface area contributed by atoms with Crippen LogP contribution in [0, 0.1) is 0 Å². The third-order valence-corrected chi connectivity index (χ3v) is 2.62. The van der Waals surface area contributed by atoms with Crippen molar-refractivity contribution in [1.29, 1.82) is 0 Å². The molecule has 0 amide bonds. The molecule has 2 aromatic rings. The van der Waals surface area contributed by atoms with Gasteiger partial charge in [0.25, 0.3) is 0 Å². The number of pyridine rings is 1. The summed E-state index contributed by atoms with van der Waals surface area (Å²) in [6.07, 6.45) is 0. The SMILES string of the molecule is CCOc1ccc2nc(Cl)c(CO)cc2c1. The van der Waals surface area contributed by atoms with E-state index in [-0.39, 0.29) is 6.61 Å². The van der Waals surface area contributed by atoms with Crippen molar-refractivity contribution < 1.29 is 9.84 Å². The van der Waals surface area contributed by atoms with Crippen LogP contribution in [0.25, 0.3) is 10.9 Å². The van der Waals surface area contributed by atoms with E-state index >= 15 is 0 Å². The first-order valence-corrected chi connectivity index (χ1v) is 5.45. The molecular weight excluding hydrogens is 226 g/mol. The Labute approximate surface area is 98.6 Å². The van der Waals surface area contributed by atoms with Gasteiger partial charge in [0.15, 0.2) is 0 Å². The quantitative estimate of drug-likeness (QED) is 0.835. The lowest BCUT2D eigenvalue weighted by molar-refractivity contribution is 0.281. The highest BCUT2D eigenvalue weighted by Gasteiger charge is 2.04. The van der Waals surface area contributed by atoms with Gasteiger partial charge in [-0.3, -0.25) is 0 Å². The molecule has 3 nitrogen and oxygen atoms in total. The Bertz CT molecular complexity index is 514. The number of aliphatic hydroxyl groups excluding tert-OH is 1. The Morgan fingerprint density at radius 1 is 1.38 bits per heavy atom. The van der Waals surface area contributed by atoms with Crippen molar-refractivity contribution in [2.75, 3.05) is 6.61 Å². The summed E-state index contributed by atoms with van der Waals surface area (Å²) in [5, 5.41) is 10.4. The van der Waals surface area contributed by atoms with Crippen molar-refractivity contribution in [2.24, 2.45) is 0 Å². The fourth-order valence-corrected chi connectivity index (χ4v) is 1.75. The molecule has 2 rings (SSSR count). The maximum atomic E-state index is 9.09. The molecule has 84 valence electrons. The number of halogens is 1. The summed E-state index contributed by atoms with van der Waals surface area (Å²) in [6, 6.07) is 7.43. The normalized spacial score (nSPS) is 10.7. The number of hydrogen-bond acceptors (Lipinski definition) is 3. The lowest BCUT2D eigenvalue weighted by Crippen LogP contribution is -1.93. The van der Waals surface area contributed by atoms with E-state index < -0.39 is 0 Å². The maximum Gasteiger partial charge on any atom is 0.135 e. The third kappa shape index (κ3) is 2.10. The number of aromatic nitrogens is 1. The average Bonchev–Trinajstić information content (AvgIpc) is 2.29. The highest BCUT2D eigenvalue weighted by atomic mass is 35.5. The summed E-state index contributed by atoms with van der Waals surface area (Å²) < 4.78 is 5.39. The van der Waals surface area contributed by atoms with Crippen molar-refractivity contribution in [3.05, 3.63) is 35.0 Å². The highest BCUT2D eigenvalue weighted by molar-refractivity contribution is 6.30. The van der Waals surface area contributed by atoms with Crippen LogP contribution in [0.3, 0.4) is 0 Å². The van der Waals surface area contributed by atoms with Crippen molar-refractivity contribution in [3.63, 3.8) is 0 Å². The molecule has 1 N–H and O–H groups in total. The maximum absolute atomic E-state index is 9.09. The van der Waals surface area contributed by atoms with Crippen molar-refractivity contribution in [2.45, 2.75) is 13.5 Å². The molecule has 0 atom stereocenters. The first-order valence-electron chi connectivity index (χ1n) is 5.07. The van der Waals surface area contributed by atoms with E-state index in [0.29, 0.717) is 17.3 Å². The zero-order valence-electron chi connectivity index (χ0n) is 8.90. The van der Waals surface area contributed by atoms with Crippen LogP contribution in [0.1, 0.15) is 12.5 Å². The zero-order chi connectivity index (χ0) is 11.5. The molecule has 0 spiro atoms. The number of aliphatic hydroxyl groups is 1. The van der Waals surface area contributed by atoms with Crippen LogP contribution < -0.4 is 4.74 Å². The van der Waals surface area contributed by atoms with Gasteiger partial charge in [-0.2, -0.15) is 0 Å². The van der Waals surface area contributed by atoms with E-state index in [1.807, 2.05) is 31.2 Å². The smallest absolute Gasteiger partial charge is 0.135 e. The largest absolute Gasteiger partial charge is 0.494 e. The van der Waals surface area contributed by atoms with Gasteiger partial charge in [-0.1, -0.05) is 11.6 Å². The van der Waals surface area contributed by atoms with E-state index in [1.54, 1.807) is 0 Å². The van der Waals surface area contributed by atoms with Gasteiger partial charge in [-0.15, -0.1) is 0 Å². The minimum Gasteiger partial charge on any atom is -0.494 e. The van der Waals surface area contributed by atoms with Gasteiger partial charge in [0, 0.05) is 10.9 Å². The van der Waals surface area contributed by atoms with Gasteiger partial charge < -0.3 is 9.84 Å². The average molecular weight is 238 g/mol. The van der Waals surface area contributed by atoms with Gasteiger partial charge in [-0.25, -0.2) is 4.98 Å². The Hall–Kier alpha value is -1.32. The Morgan fingerprint density at radius 2 is 2.19 bits per heavy atom. The molecule has 0 unspecified atom stereocenters. The summed E-state index contributed by atoms with van der Waals surface area (Å²) in [6.45, 7) is 2.45. The fraction of sp³-hybridized carbons (Fsp3) is 0.250. The van der Waals surface area contributed by atoms with Crippen LogP contribution in [0.2, 0.25) is 5.15 Å². The number of benzene rings is 1. The van der Waals surface area contributed by atoms with Gasteiger partial charge in [0.05, 0.1) is 18.7 Å². The summed E-state index contributed by atoms with van der Waals surface area (Å²) in [7, 11) is 0. The molecule has 1 heterocycles. The monoisotopic (exact) mass is 237 g/mol. The molecule has 0 radical (unpaired) electrons. The molecule has 0 aliphatic heterocycles. The van der Waals surface area contributed by atoms with Crippen LogP contribution in [-0.4, -0.2) is 16.7 Å². The molecule has 0 saturated heterocycles. The summed E-state index contributed by atoms with van der Waals surface area (Å²) in [5.74, 6) is 0.794. The molecule has 0 aliphatic carbocycles. The summed E-state index contributed by atoms with van der Waals surface area (Å²) in [4.78, 5) is 4.20. The first-order chi connectivity index (χ1) is 7.74. The number of nitrogens with zero attached hydrogens (tertiary/aromatic N) is 1. The van der Waals surface area contributed by atoms with Crippen molar-refractivity contribution in [1.82, 2.24) is 4.98 Å². The molecule has 0 fully saturated rings. The molecule has 1 aromatic heterocycles. The molecule has 0 bridgehead atoms. The Kier molecular flexibility index (Phi) is 3.27. The highest BCUT2D eigenvalue weighted by Crippen LogP contribution is 2.24. The number of hydrogen-bond donors (Lipinski definition) is 1. The lowest BCUT2D eigenvalue weighted by atomic mass is 10.1. The minimum absolute atomic E-state index is 0.110. The summed E-state index contributed by atoms with van der Waals surface area (Å²) in [5.41, 5.74) is 1.42. The van der Waals surface area contributed by atoms with Crippen LogP contribution in [0.4, 0.5) is 0 Å². The zero-order valence-corrected chi connectivity index (χ0v) is 9.66. The van der Waals surface area contributed by atoms with Gasteiger partial charge in [0.1, 0.15) is 10.9 Å². The van der Waals surface area contributed by atoms with E-state index in [4.69, 9.17) is 21.4 Å².